The summed E-state index contributed by atoms with van der Waals surface area (Å²) in [4.78, 5) is 4.47. The molecule has 0 saturated carbocycles. The lowest BCUT2D eigenvalue weighted by Crippen LogP contribution is -2.30. The Kier molecular flexibility index (Phi) is 8.58. The van der Waals surface area contributed by atoms with Crippen LogP contribution in [-0.4, -0.2) is 44.3 Å². The van der Waals surface area contributed by atoms with Crippen LogP contribution >= 0.6 is 0 Å². The molecule has 0 heterocycles. The second-order valence-corrected chi connectivity index (χ2v) is 7.06. The number of likely N-dealkylation sites (N-methyl/N-ethyl adjacent to an activating group) is 1. The van der Waals surface area contributed by atoms with Crippen molar-refractivity contribution in [2.45, 2.75) is 40.3 Å². The first kappa shape index (κ1) is 22.0. The van der Waals surface area contributed by atoms with Crippen LogP contribution in [0.4, 0.5) is 10.1 Å². The Morgan fingerprint density at radius 1 is 1.04 bits per heavy atom. The lowest BCUT2D eigenvalue weighted by Gasteiger charge is -2.29. The number of hydrogen-bond acceptors (Lipinski definition) is 4. The van der Waals surface area contributed by atoms with E-state index in [4.69, 9.17) is 9.47 Å². The number of hydrogen-bond donors (Lipinski definition) is 0. The summed E-state index contributed by atoms with van der Waals surface area (Å²) in [5, 5.41) is 0. The fourth-order valence-electron chi connectivity index (χ4n) is 3.14. The van der Waals surface area contributed by atoms with E-state index >= 15 is 0 Å². The van der Waals surface area contributed by atoms with Crippen molar-refractivity contribution < 1.29 is 13.9 Å². The molecule has 0 atom stereocenters. The van der Waals surface area contributed by atoms with Crippen LogP contribution in [0.5, 0.6) is 11.5 Å². The summed E-state index contributed by atoms with van der Waals surface area (Å²) in [5.41, 5.74) is 1.96. The molecule has 0 aliphatic rings. The van der Waals surface area contributed by atoms with Crippen molar-refractivity contribution in [1.29, 1.82) is 0 Å². The number of halogens is 1. The van der Waals surface area contributed by atoms with Crippen LogP contribution in [0.15, 0.2) is 42.5 Å². The lowest BCUT2D eigenvalue weighted by molar-refractivity contribution is 0.217. The first-order valence-electron chi connectivity index (χ1n) is 10.0. The minimum atomic E-state index is -0.314. The van der Waals surface area contributed by atoms with Gasteiger partial charge in [-0.25, -0.2) is 4.39 Å². The third-order valence-corrected chi connectivity index (χ3v) is 4.92. The van der Waals surface area contributed by atoms with Crippen LogP contribution < -0.4 is 14.4 Å². The third kappa shape index (κ3) is 6.13. The van der Waals surface area contributed by atoms with Crippen LogP contribution in [0.25, 0.3) is 0 Å². The van der Waals surface area contributed by atoms with E-state index in [1.54, 1.807) is 19.2 Å². The Labute approximate surface area is 168 Å². The molecule has 0 fully saturated rings. The van der Waals surface area contributed by atoms with E-state index in [9.17, 15) is 4.39 Å². The highest BCUT2D eigenvalue weighted by Gasteiger charge is 2.14. The van der Waals surface area contributed by atoms with Gasteiger partial charge < -0.3 is 19.3 Å². The van der Waals surface area contributed by atoms with Crippen molar-refractivity contribution in [2.24, 2.45) is 0 Å². The molecule has 0 aromatic heterocycles. The predicted octanol–water partition coefficient (Wildman–Crippen LogP) is 4.97. The highest BCUT2D eigenvalue weighted by atomic mass is 19.1. The molecule has 154 valence electrons. The molecular weight excluding hydrogens is 355 g/mol. The van der Waals surface area contributed by atoms with Crippen molar-refractivity contribution in [2.75, 3.05) is 38.3 Å². The summed E-state index contributed by atoms with van der Waals surface area (Å²) in [5.74, 6) is 0.811. The van der Waals surface area contributed by atoms with Crippen LogP contribution in [0.2, 0.25) is 0 Å². The molecule has 2 aromatic carbocycles. The van der Waals surface area contributed by atoms with E-state index in [0.29, 0.717) is 18.9 Å². The number of benzene rings is 2. The van der Waals surface area contributed by atoms with E-state index in [2.05, 4.69) is 37.5 Å². The summed E-state index contributed by atoms with van der Waals surface area (Å²) in [6.45, 7) is 12.3. The quantitative estimate of drug-likeness (QED) is 0.543. The normalized spacial score (nSPS) is 11.1. The van der Waals surface area contributed by atoms with Gasteiger partial charge in [-0.15, -0.1) is 0 Å². The second-order valence-electron chi connectivity index (χ2n) is 7.06. The Morgan fingerprint density at radius 3 is 2.39 bits per heavy atom. The fourth-order valence-corrected chi connectivity index (χ4v) is 3.14. The molecule has 28 heavy (non-hydrogen) atoms. The first-order chi connectivity index (χ1) is 13.5. The largest absolute Gasteiger partial charge is 0.497 e. The number of rotatable bonds is 11. The van der Waals surface area contributed by atoms with Crippen molar-refractivity contribution >= 4 is 5.69 Å². The molecule has 0 amide bonds. The zero-order valence-electron chi connectivity index (χ0n) is 17.7. The highest BCUT2D eigenvalue weighted by Crippen LogP contribution is 2.26. The van der Waals surface area contributed by atoms with Crippen LogP contribution in [-0.2, 0) is 6.54 Å². The predicted molar refractivity (Wildman–Crippen MR) is 114 cm³/mol. The zero-order valence-corrected chi connectivity index (χ0v) is 17.7. The molecule has 0 aliphatic carbocycles. The number of nitrogens with zero attached hydrogens (tertiary/aromatic N) is 2. The van der Waals surface area contributed by atoms with Gasteiger partial charge in [-0.3, -0.25) is 0 Å². The number of anilines is 1. The van der Waals surface area contributed by atoms with Crippen molar-refractivity contribution in [3.63, 3.8) is 0 Å². The molecule has 0 unspecified atom stereocenters. The van der Waals surface area contributed by atoms with E-state index in [-0.39, 0.29) is 11.9 Å². The monoisotopic (exact) mass is 388 g/mol. The first-order valence-corrected chi connectivity index (χ1v) is 10.0. The Bertz CT molecular complexity index is 732. The summed E-state index contributed by atoms with van der Waals surface area (Å²) in [6.07, 6.45) is 0. The van der Waals surface area contributed by atoms with Crippen molar-refractivity contribution in [3.8, 4) is 11.5 Å². The molecule has 5 heteroatoms. The van der Waals surface area contributed by atoms with Crippen molar-refractivity contribution in [3.05, 3.63) is 53.8 Å². The molecule has 0 spiro atoms. The minimum absolute atomic E-state index is 0.264. The molecule has 2 rings (SSSR count). The maximum atomic E-state index is 14.5. The minimum Gasteiger partial charge on any atom is -0.497 e. The molecule has 0 radical (unpaired) electrons. The Morgan fingerprint density at radius 2 is 1.79 bits per heavy atom. The van der Waals surface area contributed by atoms with E-state index in [1.807, 2.05) is 30.3 Å². The molecule has 0 saturated heterocycles. The van der Waals surface area contributed by atoms with Gasteiger partial charge in [0.1, 0.15) is 12.4 Å². The maximum Gasteiger partial charge on any atom is 0.165 e. The maximum absolute atomic E-state index is 14.5. The fraction of sp³-hybridized carbons (Fsp3) is 0.478. The average molecular weight is 389 g/mol. The summed E-state index contributed by atoms with van der Waals surface area (Å²) >= 11 is 0. The second kappa shape index (κ2) is 10.9. The van der Waals surface area contributed by atoms with Gasteiger partial charge in [-0.1, -0.05) is 26.0 Å². The highest BCUT2D eigenvalue weighted by molar-refractivity contribution is 5.52. The summed E-state index contributed by atoms with van der Waals surface area (Å²) < 4.78 is 25.5. The van der Waals surface area contributed by atoms with E-state index < -0.39 is 0 Å². The van der Waals surface area contributed by atoms with Gasteiger partial charge in [0.25, 0.3) is 0 Å². The van der Waals surface area contributed by atoms with Gasteiger partial charge in [0.05, 0.1) is 7.11 Å². The molecule has 2 aromatic rings. The van der Waals surface area contributed by atoms with E-state index in [1.165, 1.54) is 0 Å². The van der Waals surface area contributed by atoms with E-state index in [0.717, 1.165) is 36.6 Å². The smallest absolute Gasteiger partial charge is 0.165 e. The van der Waals surface area contributed by atoms with Gasteiger partial charge in [-0.05, 0) is 56.8 Å². The third-order valence-electron chi connectivity index (χ3n) is 4.92. The van der Waals surface area contributed by atoms with Gasteiger partial charge in [0.2, 0.25) is 0 Å². The van der Waals surface area contributed by atoms with Gasteiger partial charge >= 0.3 is 0 Å². The molecule has 0 aliphatic heterocycles. The van der Waals surface area contributed by atoms with Gasteiger partial charge in [0.15, 0.2) is 11.6 Å². The Hall–Kier alpha value is -2.27. The summed E-state index contributed by atoms with van der Waals surface area (Å²) in [7, 11) is 1.66. The van der Waals surface area contributed by atoms with Crippen molar-refractivity contribution in [1.82, 2.24) is 4.90 Å². The number of methoxy groups -OCH3 is 1. The number of ether oxygens (including phenoxy) is 2. The standard InChI is InChI=1S/C23H33FN2O2/c1-6-25(7-2)13-14-28-23-12-11-19(15-22(23)24)17-26(18(3)4)20-9-8-10-21(16-20)27-5/h8-12,15-16,18H,6-7,13-14,17H2,1-5H3. The zero-order chi connectivity index (χ0) is 20.5. The molecule has 0 N–H and O–H groups in total. The van der Waals surface area contributed by atoms with Gasteiger partial charge in [-0.2, -0.15) is 0 Å². The molecule has 4 nitrogen and oxygen atoms in total. The van der Waals surface area contributed by atoms with Crippen LogP contribution in [0.1, 0.15) is 33.3 Å². The molecular formula is C23H33FN2O2. The molecule has 0 bridgehead atoms. The summed E-state index contributed by atoms with van der Waals surface area (Å²) in [6, 6.07) is 13.4. The Balaban J connectivity index is 2.06. The SMILES string of the molecule is CCN(CC)CCOc1ccc(CN(c2cccc(OC)c2)C(C)C)cc1F. The topological polar surface area (TPSA) is 24.9 Å². The van der Waals surface area contributed by atoms with Crippen LogP contribution in [0, 0.1) is 5.82 Å². The van der Waals surface area contributed by atoms with Crippen LogP contribution in [0.3, 0.4) is 0 Å². The lowest BCUT2D eigenvalue weighted by atomic mass is 10.1. The average Bonchev–Trinajstić information content (AvgIpc) is 2.70. The van der Waals surface area contributed by atoms with Gasteiger partial charge in [0, 0.05) is 30.9 Å².